The lowest BCUT2D eigenvalue weighted by molar-refractivity contribution is -0.120. The number of amides is 1. The second-order valence-corrected chi connectivity index (χ2v) is 5.76. The molecule has 4 nitrogen and oxygen atoms in total. The lowest BCUT2D eigenvalue weighted by atomic mass is 10.1. The average Bonchev–Trinajstić information content (AvgIpc) is 3.10. The van der Waals surface area contributed by atoms with E-state index >= 15 is 0 Å². The number of hydrogen-bond acceptors (Lipinski definition) is 3. The largest absolute Gasteiger partial charge is 0.357 e. The Morgan fingerprint density at radius 1 is 1.22 bits per heavy atom. The first-order valence-corrected chi connectivity index (χ1v) is 7.92. The summed E-state index contributed by atoms with van der Waals surface area (Å²) in [4.78, 5) is 18.6. The summed E-state index contributed by atoms with van der Waals surface area (Å²) in [6.07, 6.45) is 4.22. The Kier molecular flexibility index (Phi) is 4.86. The molecule has 0 bridgehead atoms. The first-order chi connectivity index (χ1) is 11.2. The molecule has 0 saturated carbocycles. The van der Waals surface area contributed by atoms with Gasteiger partial charge in [-0.2, -0.15) is 0 Å². The van der Waals surface area contributed by atoms with Crippen molar-refractivity contribution in [2.75, 3.05) is 18.0 Å². The number of benzene rings is 1. The van der Waals surface area contributed by atoms with Crippen LogP contribution < -0.4 is 10.2 Å². The van der Waals surface area contributed by atoms with Gasteiger partial charge in [0, 0.05) is 25.8 Å². The van der Waals surface area contributed by atoms with Crippen LogP contribution in [0.3, 0.4) is 0 Å². The van der Waals surface area contributed by atoms with Crippen molar-refractivity contribution < 1.29 is 9.18 Å². The minimum Gasteiger partial charge on any atom is -0.357 e. The van der Waals surface area contributed by atoms with Crippen LogP contribution in [0.4, 0.5) is 10.2 Å². The molecule has 0 aliphatic carbocycles. The van der Waals surface area contributed by atoms with Gasteiger partial charge in [0.2, 0.25) is 5.91 Å². The third-order valence-corrected chi connectivity index (χ3v) is 4.04. The molecule has 1 amide bonds. The second-order valence-electron chi connectivity index (χ2n) is 5.76. The van der Waals surface area contributed by atoms with Crippen LogP contribution >= 0.6 is 0 Å². The Morgan fingerprint density at radius 2 is 2.00 bits per heavy atom. The molecular formula is C18H20FN3O. The highest BCUT2D eigenvalue weighted by Gasteiger charge is 2.14. The zero-order valence-electron chi connectivity index (χ0n) is 13.0. The van der Waals surface area contributed by atoms with E-state index in [2.05, 4.69) is 15.2 Å². The normalized spacial score (nSPS) is 14.0. The van der Waals surface area contributed by atoms with Gasteiger partial charge in [-0.25, -0.2) is 9.37 Å². The van der Waals surface area contributed by atoms with Crippen molar-refractivity contribution in [1.82, 2.24) is 10.3 Å². The molecule has 0 unspecified atom stereocenters. The molecule has 2 aromatic rings. The van der Waals surface area contributed by atoms with E-state index in [9.17, 15) is 9.18 Å². The Bertz CT molecular complexity index is 683. The summed E-state index contributed by atoms with van der Waals surface area (Å²) in [7, 11) is 0. The van der Waals surface area contributed by atoms with Crippen molar-refractivity contribution in [3.63, 3.8) is 0 Å². The number of carbonyl (C=O) groups excluding carboxylic acids is 1. The van der Waals surface area contributed by atoms with Gasteiger partial charge in [0.05, 0.1) is 6.42 Å². The molecule has 23 heavy (non-hydrogen) atoms. The quantitative estimate of drug-likeness (QED) is 0.923. The van der Waals surface area contributed by atoms with E-state index in [0.717, 1.165) is 24.5 Å². The highest BCUT2D eigenvalue weighted by atomic mass is 19.1. The summed E-state index contributed by atoms with van der Waals surface area (Å²) < 4.78 is 13.5. The van der Waals surface area contributed by atoms with Crippen molar-refractivity contribution in [3.8, 4) is 0 Å². The number of nitrogens with zero attached hydrogens (tertiary/aromatic N) is 2. The molecule has 3 rings (SSSR count). The molecule has 1 fully saturated rings. The fourth-order valence-corrected chi connectivity index (χ4v) is 2.77. The Morgan fingerprint density at radius 3 is 2.78 bits per heavy atom. The molecule has 1 aliphatic heterocycles. The Hall–Kier alpha value is -2.43. The van der Waals surface area contributed by atoms with Gasteiger partial charge in [-0.3, -0.25) is 4.79 Å². The summed E-state index contributed by atoms with van der Waals surface area (Å²) in [6, 6.07) is 10.3. The van der Waals surface area contributed by atoms with Gasteiger partial charge in [0.15, 0.2) is 0 Å². The highest BCUT2D eigenvalue weighted by Crippen LogP contribution is 2.18. The fourth-order valence-electron chi connectivity index (χ4n) is 2.77. The molecule has 120 valence electrons. The van der Waals surface area contributed by atoms with Crippen molar-refractivity contribution in [1.29, 1.82) is 0 Å². The molecule has 1 aliphatic rings. The number of nitrogens with one attached hydrogen (secondary N) is 1. The lowest BCUT2D eigenvalue weighted by Gasteiger charge is -2.17. The summed E-state index contributed by atoms with van der Waals surface area (Å²) in [6.45, 7) is 2.50. The zero-order valence-corrected chi connectivity index (χ0v) is 13.0. The molecular weight excluding hydrogens is 293 g/mol. The van der Waals surface area contributed by atoms with Crippen LogP contribution in [-0.2, 0) is 17.8 Å². The third kappa shape index (κ3) is 4.06. The predicted octanol–water partition coefficient (Wildman–Crippen LogP) is 2.68. The van der Waals surface area contributed by atoms with Crippen LogP contribution in [0.2, 0.25) is 0 Å². The van der Waals surface area contributed by atoms with Gasteiger partial charge < -0.3 is 10.2 Å². The van der Waals surface area contributed by atoms with Gasteiger partial charge in [-0.15, -0.1) is 0 Å². The van der Waals surface area contributed by atoms with Crippen LogP contribution in [-0.4, -0.2) is 24.0 Å². The molecule has 0 spiro atoms. The summed E-state index contributed by atoms with van der Waals surface area (Å²) >= 11 is 0. The average molecular weight is 313 g/mol. The van der Waals surface area contributed by atoms with E-state index in [-0.39, 0.29) is 18.1 Å². The third-order valence-electron chi connectivity index (χ3n) is 4.04. The maximum Gasteiger partial charge on any atom is 0.224 e. The molecule has 1 N–H and O–H groups in total. The number of carbonyl (C=O) groups is 1. The van der Waals surface area contributed by atoms with Crippen LogP contribution in [0.15, 0.2) is 42.6 Å². The second kappa shape index (κ2) is 7.22. The molecule has 1 aromatic heterocycles. The van der Waals surface area contributed by atoms with Crippen molar-refractivity contribution in [2.24, 2.45) is 0 Å². The fraction of sp³-hybridized carbons (Fsp3) is 0.333. The maximum absolute atomic E-state index is 13.5. The number of halogens is 1. The Labute approximate surface area is 135 Å². The van der Waals surface area contributed by atoms with Gasteiger partial charge in [-0.1, -0.05) is 18.2 Å². The van der Waals surface area contributed by atoms with Crippen LogP contribution in [0.1, 0.15) is 24.0 Å². The smallest absolute Gasteiger partial charge is 0.224 e. The van der Waals surface area contributed by atoms with Gasteiger partial charge in [0.1, 0.15) is 11.6 Å². The zero-order chi connectivity index (χ0) is 16.1. The first-order valence-electron chi connectivity index (χ1n) is 7.92. The molecule has 1 aromatic carbocycles. The number of rotatable bonds is 5. The minimum atomic E-state index is -0.345. The molecule has 5 heteroatoms. The monoisotopic (exact) mass is 313 g/mol. The van der Waals surface area contributed by atoms with E-state index in [0.29, 0.717) is 12.1 Å². The van der Waals surface area contributed by atoms with Gasteiger partial charge in [0.25, 0.3) is 0 Å². The summed E-state index contributed by atoms with van der Waals surface area (Å²) in [5, 5.41) is 2.84. The molecule has 0 atom stereocenters. The maximum atomic E-state index is 13.5. The summed E-state index contributed by atoms with van der Waals surface area (Å²) in [5.74, 6) is 0.431. The van der Waals surface area contributed by atoms with Crippen LogP contribution in [0, 0.1) is 5.82 Å². The summed E-state index contributed by atoms with van der Waals surface area (Å²) in [5.41, 5.74) is 1.42. The SMILES string of the molecule is O=C(Cc1ccccc1F)NCc1ccnc(N2CCCC2)c1. The van der Waals surface area contributed by atoms with Crippen molar-refractivity contribution >= 4 is 11.7 Å². The molecule has 2 heterocycles. The van der Waals surface area contributed by atoms with Gasteiger partial charge in [-0.05, 0) is 42.2 Å². The predicted molar refractivity (Wildman–Crippen MR) is 87.6 cm³/mol. The Balaban J connectivity index is 1.56. The van der Waals surface area contributed by atoms with E-state index in [1.54, 1.807) is 24.4 Å². The van der Waals surface area contributed by atoms with E-state index < -0.39 is 0 Å². The molecule has 0 radical (unpaired) electrons. The number of aromatic nitrogens is 1. The van der Waals surface area contributed by atoms with E-state index in [1.165, 1.54) is 18.9 Å². The number of anilines is 1. The van der Waals surface area contributed by atoms with Gasteiger partial charge >= 0.3 is 0 Å². The number of pyridine rings is 1. The topological polar surface area (TPSA) is 45.2 Å². The standard InChI is InChI=1S/C18H20FN3O/c19-16-6-2-1-5-15(16)12-18(23)21-13-14-7-8-20-17(11-14)22-9-3-4-10-22/h1-2,5-8,11H,3-4,9-10,12-13H2,(H,21,23). The van der Waals surface area contributed by atoms with Crippen LogP contribution in [0.25, 0.3) is 0 Å². The van der Waals surface area contributed by atoms with Crippen molar-refractivity contribution in [3.05, 3.63) is 59.5 Å². The minimum absolute atomic E-state index is 0.0523. The van der Waals surface area contributed by atoms with Crippen molar-refractivity contribution in [2.45, 2.75) is 25.8 Å². The van der Waals surface area contributed by atoms with Crippen LogP contribution in [0.5, 0.6) is 0 Å². The van der Waals surface area contributed by atoms with E-state index in [4.69, 9.17) is 0 Å². The lowest BCUT2D eigenvalue weighted by Crippen LogP contribution is -2.25. The highest BCUT2D eigenvalue weighted by molar-refractivity contribution is 5.78. The van der Waals surface area contributed by atoms with E-state index in [1.807, 2.05) is 12.1 Å². The molecule has 1 saturated heterocycles. The number of hydrogen-bond donors (Lipinski definition) is 1. The first kappa shape index (κ1) is 15.5.